The number of likely N-dealkylation sites (tertiary alicyclic amines) is 1. The molecule has 5 fully saturated rings. The second-order valence-corrected chi connectivity index (χ2v) is 7.99. The first kappa shape index (κ1) is 15.4. The van der Waals surface area contributed by atoms with Gasteiger partial charge < -0.3 is 20.1 Å². The van der Waals surface area contributed by atoms with E-state index in [1.54, 1.807) is 0 Å². The smallest absolute Gasteiger partial charge is 0.225 e. The van der Waals surface area contributed by atoms with E-state index in [1.165, 1.54) is 12.8 Å². The number of rotatable bonds is 4. The lowest BCUT2D eigenvalue weighted by Crippen LogP contribution is -2.63. The van der Waals surface area contributed by atoms with Gasteiger partial charge in [-0.1, -0.05) is 12.8 Å². The minimum absolute atomic E-state index is 0.00628. The van der Waals surface area contributed by atoms with Crippen molar-refractivity contribution in [2.24, 2.45) is 5.92 Å². The minimum atomic E-state index is -0.450. The molecule has 3 saturated heterocycles. The average molecular weight is 322 g/mol. The molecule has 23 heavy (non-hydrogen) atoms. The number of aliphatic hydroxyl groups excluding tert-OH is 1. The molecule has 0 aromatic rings. The monoisotopic (exact) mass is 322 g/mol. The zero-order chi connectivity index (χ0) is 16.2. The number of fused-ring (bicyclic) bond motifs is 1. The van der Waals surface area contributed by atoms with E-state index in [2.05, 4.69) is 5.32 Å². The van der Waals surface area contributed by atoms with Crippen LogP contribution < -0.4 is 5.32 Å². The van der Waals surface area contributed by atoms with Crippen LogP contribution in [-0.2, 0) is 14.3 Å². The van der Waals surface area contributed by atoms with Gasteiger partial charge >= 0.3 is 0 Å². The number of carbonyl (C=O) groups excluding carboxylic acids is 2. The summed E-state index contributed by atoms with van der Waals surface area (Å²) in [6, 6.07) is 0.345. The van der Waals surface area contributed by atoms with Crippen LogP contribution in [0.25, 0.3) is 0 Å². The summed E-state index contributed by atoms with van der Waals surface area (Å²) in [5.41, 5.74) is -0.794. The quantitative estimate of drug-likeness (QED) is 0.793. The zero-order valence-corrected chi connectivity index (χ0v) is 13.7. The third-order valence-corrected chi connectivity index (χ3v) is 6.44. The van der Waals surface area contributed by atoms with Crippen molar-refractivity contribution in [1.82, 2.24) is 10.2 Å². The Balaban J connectivity index is 1.38. The average Bonchev–Trinajstić information content (AvgIpc) is 3.20. The van der Waals surface area contributed by atoms with Gasteiger partial charge in [-0.2, -0.15) is 0 Å². The van der Waals surface area contributed by atoms with Gasteiger partial charge in [0.1, 0.15) is 0 Å². The first-order chi connectivity index (χ1) is 11.0. The summed E-state index contributed by atoms with van der Waals surface area (Å²) in [5.74, 6) is -0.138. The number of carbonyl (C=O) groups is 2. The molecule has 5 rings (SSSR count). The molecule has 5 aliphatic rings. The fourth-order valence-electron chi connectivity index (χ4n) is 5.12. The van der Waals surface area contributed by atoms with E-state index < -0.39 is 5.60 Å². The molecule has 0 aromatic carbocycles. The van der Waals surface area contributed by atoms with E-state index >= 15 is 0 Å². The molecule has 6 nitrogen and oxygen atoms in total. The lowest BCUT2D eigenvalue weighted by Gasteiger charge is -2.45. The SMILES string of the molecule is CC1OC2(CO)CC1(NC(=O)C1CC(=O)N(C3CCCC3)C1)C2. The van der Waals surface area contributed by atoms with Gasteiger partial charge in [0.2, 0.25) is 11.8 Å². The van der Waals surface area contributed by atoms with Crippen LogP contribution in [0.1, 0.15) is 51.9 Å². The summed E-state index contributed by atoms with van der Waals surface area (Å²) in [7, 11) is 0. The number of aliphatic hydroxyl groups is 1. The van der Waals surface area contributed by atoms with Crippen LogP contribution in [0, 0.1) is 5.92 Å². The van der Waals surface area contributed by atoms with E-state index in [1.807, 2.05) is 11.8 Å². The van der Waals surface area contributed by atoms with Gasteiger partial charge in [0, 0.05) is 31.8 Å². The van der Waals surface area contributed by atoms with Gasteiger partial charge in [0.15, 0.2) is 0 Å². The summed E-state index contributed by atoms with van der Waals surface area (Å²) < 4.78 is 5.82. The lowest BCUT2D eigenvalue weighted by molar-refractivity contribution is -0.131. The van der Waals surface area contributed by atoms with E-state index in [-0.39, 0.29) is 36.0 Å². The molecule has 2 bridgehead atoms. The highest BCUT2D eigenvalue weighted by molar-refractivity contribution is 5.90. The second kappa shape index (κ2) is 5.18. The summed E-state index contributed by atoms with van der Waals surface area (Å²) in [6.07, 6.45) is 6.13. The highest BCUT2D eigenvalue weighted by atomic mass is 16.5. The van der Waals surface area contributed by atoms with E-state index in [9.17, 15) is 14.7 Å². The third-order valence-electron chi connectivity index (χ3n) is 6.44. The van der Waals surface area contributed by atoms with Crippen LogP contribution in [0.5, 0.6) is 0 Å². The maximum absolute atomic E-state index is 12.7. The Bertz CT molecular complexity index is 523. The van der Waals surface area contributed by atoms with Crippen molar-refractivity contribution >= 4 is 11.8 Å². The topological polar surface area (TPSA) is 78.9 Å². The van der Waals surface area contributed by atoms with Crippen LogP contribution in [0.3, 0.4) is 0 Å². The lowest BCUT2D eigenvalue weighted by atomic mass is 9.66. The molecule has 0 spiro atoms. The number of ether oxygens (including phenoxy) is 1. The Hall–Kier alpha value is -1.14. The fraction of sp³-hybridized carbons (Fsp3) is 0.882. The molecule has 0 radical (unpaired) electrons. The summed E-state index contributed by atoms with van der Waals surface area (Å²) in [6.45, 7) is 2.52. The maximum Gasteiger partial charge on any atom is 0.225 e. The molecular formula is C17H26N2O4. The first-order valence-electron chi connectivity index (χ1n) is 8.87. The number of hydrogen-bond donors (Lipinski definition) is 2. The van der Waals surface area contributed by atoms with Crippen molar-refractivity contribution in [1.29, 1.82) is 0 Å². The van der Waals surface area contributed by atoms with Gasteiger partial charge in [-0.15, -0.1) is 0 Å². The molecule has 2 atom stereocenters. The van der Waals surface area contributed by atoms with E-state index in [0.717, 1.165) is 12.8 Å². The standard InChI is InChI=1S/C17H26N2O4/c1-11-17(8-16(9-17,10-20)23-11)18-15(22)12-6-14(21)19(7-12)13-4-2-3-5-13/h11-13,20H,2-10H2,1H3,(H,18,22). The predicted molar refractivity (Wildman–Crippen MR) is 82.5 cm³/mol. The molecule has 2 amide bonds. The molecule has 3 aliphatic heterocycles. The molecule has 128 valence electrons. The van der Waals surface area contributed by atoms with Crippen LogP contribution in [0.2, 0.25) is 0 Å². The van der Waals surface area contributed by atoms with Crippen molar-refractivity contribution in [3.63, 3.8) is 0 Å². The summed E-state index contributed by atoms with van der Waals surface area (Å²) >= 11 is 0. The first-order valence-corrected chi connectivity index (χ1v) is 8.87. The zero-order valence-electron chi connectivity index (χ0n) is 13.7. The highest BCUT2D eigenvalue weighted by Gasteiger charge is 2.67. The molecular weight excluding hydrogens is 296 g/mol. The summed E-state index contributed by atoms with van der Waals surface area (Å²) in [5, 5.41) is 12.6. The van der Waals surface area contributed by atoms with E-state index in [0.29, 0.717) is 31.8 Å². The Kier molecular flexibility index (Phi) is 3.47. The van der Waals surface area contributed by atoms with Gasteiger partial charge in [0.25, 0.3) is 0 Å². The fourth-order valence-corrected chi connectivity index (χ4v) is 5.12. The maximum atomic E-state index is 12.7. The normalized spacial score (nSPS) is 43.0. The van der Waals surface area contributed by atoms with Gasteiger partial charge in [-0.3, -0.25) is 9.59 Å². The van der Waals surface area contributed by atoms with Crippen molar-refractivity contribution in [2.45, 2.75) is 75.2 Å². The van der Waals surface area contributed by atoms with Crippen molar-refractivity contribution in [3.8, 4) is 0 Å². The van der Waals surface area contributed by atoms with Crippen molar-refractivity contribution in [2.75, 3.05) is 13.2 Å². The van der Waals surface area contributed by atoms with Gasteiger partial charge in [0.05, 0.1) is 29.8 Å². The Morgan fingerprint density at radius 2 is 2.09 bits per heavy atom. The molecule has 2 N–H and O–H groups in total. The van der Waals surface area contributed by atoms with Crippen molar-refractivity contribution < 1.29 is 19.4 Å². The third kappa shape index (κ3) is 2.30. The number of amides is 2. The number of nitrogens with zero attached hydrogens (tertiary/aromatic N) is 1. The highest BCUT2D eigenvalue weighted by Crippen LogP contribution is 2.55. The molecule has 3 heterocycles. The number of nitrogens with one attached hydrogen (secondary N) is 1. The Labute approximate surface area is 136 Å². The molecule has 6 heteroatoms. The predicted octanol–water partition coefficient (Wildman–Crippen LogP) is 0.576. The Morgan fingerprint density at radius 3 is 2.70 bits per heavy atom. The molecule has 2 saturated carbocycles. The van der Waals surface area contributed by atoms with Crippen molar-refractivity contribution in [3.05, 3.63) is 0 Å². The van der Waals surface area contributed by atoms with Crippen LogP contribution in [0.15, 0.2) is 0 Å². The van der Waals surface area contributed by atoms with Gasteiger partial charge in [-0.05, 0) is 19.8 Å². The summed E-state index contributed by atoms with van der Waals surface area (Å²) in [4.78, 5) is 26.9. The largest absolute Gasteiger partial charge is 0.393 e. The molecule has 0 aromatic heterocycles. The molecule has 2 aliphatic carbocycles. The molecule has 2 unspecified atom stereocenters. The number of hydrogen-bond acceptors (Lipinski definition) is 4. The van der Waals surface area contributed by atoms with Crippen LogP contribution in [-0.4, -0.2) is 58.3 Å². The van der Waals surface area contributed by atoms with Gasteiger partial charge in [-0.25, -0.2) is 0 Å². The minimum Gasteiger partial charge on any atom is -0.393 e. The van der Waals surface area contributed by atoms with E-state index in [4.69, 9.17) is 4.74 Å². The Morgan fingerprint density at radius 1 is 1.39 bits per heavy atom. The second-order valence-electron chi connectivity index (χ2n) is 7.99. The van der Waals surface area contributed by atoms with Crippen LogP contribution in [0.4, 0.5) is 0 Å². The van der Waals surface area contributed by atoms with Crippen LogP contribution >= 0.6 is 0 Å².